The van der Waals surface area contributed by atoms with E-state index in [1.165, 1.54) is 29.2 Å². The van der Waals surface area contributed by atoms with E-state index < -0.39 is 0 Å². The van der Waals surface area contributed by atoms with Crippen molar-refractivity contribution in [2.24, 2.45) is 5.92 Å². The molecule has 1 aliphatic heterocycles. The van der Waals surface area contributed by atoms with Crippen LogP contribution in [0.3, 0.4) is 0 Å². The Hall–Kier alpha value is -1.87. The van der Waals surface area contributed by atoms with Gasteiger partial charge in [-0.2, -0.15) is 0 Å². The molecule has 1 N–H and O–H groups in total. The number of carbonyl (C=O) groups is 1. The molecule has 0 saturated carbocycles. The number of likely N-dealkylation sites (tertiary alicyclic amines) is 1. The Labute approximate surface area is 138 Å². The van der Waals surface area contributed by atoms with Crippen LogP contribution >= 0.6 is 0 Å². The van der Waals surface area contributed by atoms with E-state index in [0.717, 1.165) is 13.1 Å². The summed E-state index contributed by atoms with van der Waals surface area (Å²) >= 11 is 0. The minimum atomic E-state index is 0.0239. The highest BCUT2D eigenvalue weighted by molar-refractivity contribution is 5.87. The SMILES string of the molecule is C[C@@H]1CCCN(CC(=O)N[C@H](C)c2cccc3ccccc23)C1. The largest absolute Gasteiger partial charge is 0.348 e. The van der Waals surface area contributed by atoms with E-state index in [1.807, 2.05) is 6.07 Å². The maximum Gasteiger partial charge on any atom is 0.234 e. The van der Waals surface area contributed by atoms with Crippen molar-refractivity contribution < 1.29 is 4.79 Å². The summed E-state index contributed by atoms with van der Waals surface area (Å²) in [4.78, 5) is 14.7. The van der Waals surface area contributed by atoms with Crippen LogP contribution < -0.4 is 5.32 Å². The second-order valence-electron chi connectivity index (χ2n) is 6.84. The molecule has 0 spiro atoms. The number of hydrogen-bond donors (Lipinski definition) is 1. The Morgan fingerprint density at radius 1 is 1.26 bits per heavy atom. The molecule has 122 valence electrons. The standard InChI is InChI=1S/C20H26N2O/c1-15-7-6-12-22(13-15)14-20(23)21-16(2)18-11-5-9-17-8-3-4-10-19(17)18/h3-5,8-11,15-16H,6-7,12-14H2,1-2H3,(H,21,23)/t15-,16-/m1/s1. The second kappa shape index (κ2) is 7.14. The lowest BCUT2D eigenvalue weighted by molar-refractivity contribution is -0.123. The monoisotopic (exact) mass is 310 g/mol. The van der Waals surface area contributed by atoms with E-state index in [0.29, 0.717) is 12.5 Å². The maximum absolute atomic E-state index is 12.4. The van der Waals surface area contributed by atoms with Gasteiger partial charge in [-0.25, -0.2) is 0 Å². The highest BCUT2D eigenvalue weighted by Crippen LogP contribution is 2.24. The molecule has 0 aliphatic carbocycles. The molecule has 2 aromatic rings. The molecule has 1 aliphatic rings. The minimum Gasteiger partial charge on any atom is -0.348 e. The van der Waals surface area contributed by atoms with Crippen LogP contribution in [-0.4, -0.2) is 30.4 Å². The molecule has 3 nitrogen and oxygen atoms in total. The van der Waals surface area contributed by atoms with Gasteiger partial charge in [0.15, 0.2) is 0 Å². The first-order valence-corrected chi connectivity index (χ1v) is 8.63. The quantitative estimate of drug-likeness (QED) is 0.933. The summed E-state index contributed by atoms with van der Waals surface area (Å²) in [6, 6.07) is 14.6. The molecule has 1 saturated heterocycles. The van der Waals surface area contributed by atoms with E-state index in [1.54, 1.807) is 0 Å². The van der Waals surface area contributed by atoms with Crippen molar-refractivity contribution in [1.82, 2.24) is 10.2 Å². The van der Waals surface area contributed by atoms with Crippen LogP contribution in [0.5, 0.6) is 0 Å². The molecule has 0 radical (unpaired) electrons. The van der Waals surface area contributed by atoms with Crippen LogP contribution in [0.1, 0.15) is 38.3 Å². The molecule has 2 aromatic carbocycles. The van der Waals surface area contributed by atoms with E-state index in [-0.39, 0.29) is 11.9 Å². The van der Waals surface area contributed by atoms with Gasteiger partial charge in [0.05, 0.1) is 12.6 Å². The van der Waals surface area contributed by atoms with Crippen molar-refractivity contribution in [3.8, 4) is 0 Å². The van der Waals surface area contributed by atoms with Crippen LogP contribution in [0.15, 0.2) is 42.5 Å². The first-order valence-electron chi connectivity index (χ1n) is 8.63. The van der Waals surface area contributed by atoms with Crippen molar-refractivity contribution in [1.29, 1.82) is 0 Å². The molecule has 2 atom stereocenters. The third-order valence-corrected chi connectivity index (χ3v) is 4.78. The van der Waals surface area contributed by atoms with Crippen molar-refractivity contribution in [3.05, 3.63) is 48.0 Å². The Bertz CT molecular complexity index is 677. The smallest absolute Gasteiger partial charge is 0.234 e. The molecule has 3 heteroatoms. The first kappa shape index (κ1) is 16.0. The molecule has 0 unspecified atom stereocenters. The van der Waals surface area contributed by atoms with E-state index in [9.17, 15) is 4.79 Å². The van der Waals surface area contributed by atoms with Gasteiger partial charge in [0.25, 0.3) is 0 Å². The minimum absolute atomic E-state index is 0.0239. The number of piperidine rings is 1. The fraction of sp³-hybridized carbons (Fsp3) is 0.450. The summed E-state index contributed by atoms with van der Waals surface area (Å²) < 4.78 is 0. The zero-order valence-electron chi connectivity index (χ0n) is 14.1. The topological polar surface area (TPSA) is 32.3 Å². The number of hydrogen-bond acceptors (Lipinski definition) is 2. The van der Waals surface area contributed by atoms with Crippen LogP contribution in [0.4, 0.5) is 0 Å². The number of nitrogens with one attached hydrogen (secondary N) is 1. The van der Waals surface area contributed by atoms with E-state index >= 15 is 0 Å². The maximum atomic E-state index is 12.4. The summed E-state index contributed by atoms with van der Waals surface area (Å²) in [5.41, 5.74) is 1.18. The summed E-state index contributed by atoms with van der Waals surface area (Å²) in [5, 5.41) is 5.61. The lowest BCUT2D eigenvalue weighted by Crippen LogP contribution is -2.42. The fourth-order valence-electron chi connectivity index (χ4n) is 3.63. The van der Waals surface area contributed by atoms with Crippen molar-refractivity contribution in [2.75, 3.05) is 19.6 Å². The Balaban J connectivity index is 1.66. The molecule has 3 rings (SSSR count). The Kier molecular flexibility index (Phi) is 4.97. The van der Waals surface area contributed by atoms with Gasteiger partial charge in [0.2, 0.25) is 5.91 Å². The highest BCUT2D eigenvalue weighted by atomic mass is 16.2. The zero-order valence-corrected chi connectivity index (χ0v) is 14.1. The Morgan fingerprint density at radius 3 is 2.87 bits per heavy atom. The van der Waals surface area contributed by atoms with Crippen LogP contribution in [0.2, 0.25) is 0 Å². The molecular weight excluding hydrogens is 284 g/mol. The highest BCUT2D eigenvalue weighted by Gasteiger charge is 2.19. The second-order valence-corrected chi connectivity index (χ2v) is 6.84. The normalized spacial score (nSPS) is 20.3. The Morgan fingerprint density at radius 2 is 2.04 bits per heavy atom. The van der Waals surface area contributed by atoms with Gasteiger partial charge in [-0.3, -0.25) is 9.69 Å². The van der Waals surface area contributed by atoms with Crippen LogP contribution in [0.25, 0.3) is 10.8 Å². The molecule has 0 aromatic heterocycles. The number of fused-ring (bicyclic) bond motifs is 1. The molecule has 23 heavy (non-hydrogen) atoms. The third kappa shape index (κ3) is 3.91. The van der Waals surface area contributed by atoms with Crippen molar-refractivity contribution in [2.45, 2.75) is 32.7 Å². The van der Waals surface area contributed by atoms with E-state index in [2.05, 4.69) is 60.5 Å². The lowest BCUT2D eigenvalue weighted by Gasteiger charge is -2.30. The van der Waals surface area contributed by atoms with Crippen molar-refractivity contribution in [3.63, 3.8) is 0 Å². The fourth-order valence-corrected chi connectivity index (χ4v) is 3.63. The van der Waals surface area contributed by atoms with E-state index in [4.69, 9.17) is 0 Å². The average molecular weight is 310 g/mol. The average Bonchev–Trinajstić information content (AvgIpc) is 2.54. The predicted octanol–water partition coefficient (Wildman–Crippen LogP) is 3.75. The van der Waals surface area contributed by atoms with Gasteiger partial charge < -0.3 is 5.32 Å². The van der Waals surface area contributed by atoms with Gasteiger partial charge in [-0.1, -0.05) is 49.4 Å². The predicted molar refractivity (Wildman–Crippen MR) is 95.3 cm³/mol. The first-order chi connectivity index (χ1) is 11.1. The molecule has 1 heterocycles. The third-order valence-electron chi connectivity index (χ3n) is 4.78. The molecule has 0 bridgehead atoms. The van der Waals surface area contributed by atoms with Gasteiger partial charge in [-0.15, -0.1) is 0 Å². The van der Waals surface area contributed by atoms with Crippen LogP contribution in [0, 0.1) is 5.92 Å². The van der Waals surface area contributed by atoms with Gasteiger partial charge >= 0.3 is 0 Å². The van der Waals surface area contributed by atoms with Crippen LogP contribution in [-0.2, 0) is 4.79 Å². The number of rotatable bonds is 4. The number of benzene rings is 2. The van der Waals surface area contributed by atoms with Gasteiger partial charge in [0, 0.05) is 6.54 Å². The lowest BCUT2D eigenvalue weighted by atomic mass is 9.99. The molecular formula is C20H26N2O. The summed E-state index contributed by atoms with van der Waals surface area (Å²) in [6.45, 7) is 6.93. The van der Waals surface area contributed by atoms with Gasteiger partial charge in [0.1, 0.15) is 0 Å². The zero-order chi connectivity index (χ0) is 16.2. The molecule has 1 fully saturated rings. The van der Waals surface area contributed by atoms with Gasteiger partial charge in [-0.05, 0) is 48.6 Å². The summed E-state index contributed by atoms with van der Waals surface area (Å²) in [6.07, 6.45) is 2.48. The van der Waals surface area contributed by atoms with Crippen molar-refractivity contribution >= 4 is 16.7 Å². The number of amides is 1. The number of nitrogens with zero attached hydrogens (tertiary/aromatic N) is 1. The summed E-state index contributed by atoms with van der Waals surface area (Å²) in [5.74, 6) is 0.826. The summed E-state index contributed by atoms with van der Waals surface area (Å²) in [7, 11) is 0. The number of carbonyl (C=O) groups excluding carboxylic acids is 1. The molecule has 1 amide bonds.